The lowest BCUT2D eigenvalue weighted by molar-refractivity contribution is 0.391. The molecule has 2 aliphatic carbocycles. The topological polar surface area (TPSA) is 24.1 Å². The van der Waals surface area contributed by atoms with Gasteiger partial charge in [0.15, 0.2) is 6.67 Å². The maximum absolute atomic E-state index is 3.25. The Morgan fingerprint density at radius 2 is 2.29 bits per heavy atom. The second-order valence-corrected chi connectivity index (χ2v) is 4.12. The van der Waals surface area contributed by atoms with Crippen molar-refractivity contribution in [1.82, 2.24) is 10.6 Å². The van der Waals surface area contributed by atoms with Gasteiger partial charge in [0.1, 0.15) is 0 Å². The molecule has 2 radical (unpaired) electrons. The fourth-order valence-electron chi connectivity index (χ4n) is 2.55. The summed E-state index contributed by atoms with van der Waals surface area (Å²) in [4.78, 5) is 0. The zero-order valence-corrected chi connectivity index (χ0v) is 8.09. The van der Waals surface area contributed by atoms with Gasteiger partial charge in [-0.3, -0.25) is 5.32 Å². The molecule has 2 atom stereocenters. The fourth-order valence-corrected chi connectivity index (χ4v) is 2.55. The number of fused-ring (bicyclic) bond motifs is 2. The van der Waals surface area contributed by atoms with Crippen molar-refractivity contribution in [2.75, 3.05) is 6.54 Å². The van der Waals surface area contributed by atoms with Crippen molar-refractivity contribution in [3.63, 3.8) is 0 Å². The Balaban J connectivity index is 2.00. The summed E-state index contributed by atoms with van der Waals surface area (Å²) in [6.07, 6.45) is 11.4. The first-order valence-corrected chi connectivity index (χ1v) is 5.28. The highest BCUT2D eigenvalue weighted by Gasteiger charge is 2.29. The van der Waals surface area contributed by atoms with E-state index in [2.05, 4.69) is 41.6 Å². The highest BCUT2D eigenvalue weighted by molar-refractivity contribution is 5.39. The summed E-state index contributed by atoms with van der Waals surface area (Å²) in [6, 6.07) is 0. The van der Waals surface area contributed by atoms with Crippen LogP contribution in [0.2, 0.25) is 0 Å². The van der Waals surface area contributed by atoms with Crippen molar-refractivity contribution in [3.8, 4) is 0 Å². The van der Waals surface area contributed by atoms with Crippen molar-refractivity contribution in [2.24, 2.45) is 11.8 Å². The van der Waals surface area contributed by atoms with Crippen molar-refractivity contribution in [2.45, 2.75) is 12.8 Å². The summed E-state index contributed by atoms with van der Waals surface area (Å²) in [7, 11) is 0. The van der Waals surface area contributed by atoms with Gasteiger partial charge in [-0.1, -0.05) is 24.3 Å². The SMILES string of the molecule is [C]1NCC2CCC3C=CC=CC3=C2N1. The highest BCUT2D eigenvalue weighted by Crippen LogP contribution is 2.36. The Kier molecular flexibility index (Phi) is 1.95. The van der Waals surface area contributed by atoms with E-state index in [1.54, 1.807) is 0 Å². The molecule has 0 saturated carbocycles. The zero-order valence-electron chi connectivity index (χ0n) is 8.09. The van der Waals surface area contributed by atoms with Crippen LogP contribution >= 0.6 is 0 Å². The van der Waals surface area contributed by atoms with Crippen LogP contribution in [-0.2, 0) is 0 Å². The van der Waals surface area contributed by atoms with E-state index in [1.807, 2.05) is 0 Å². The van der Waals surface area contributed by atoms with E-state index in [0.717, 1.165) is 6.54 Å². The van der Waals surface area contributed by atoms with Gasteiger partial charge in [0, 0.05) is 24.1 Å². The lowest BCUT2D eigenvalue weighted by Gasteiger charge is -2.36. The molecule has 3 aliphatic rings. The van der Waals surface area contributed by atoms with Crippen LogP contribution in [-0.4, -0.2) is 6.54 Å². The van der Waals surface area contributed by atoms with E-state index in [0.29, 0.717) is 11.8 Å². The maximum atomic E-state index is 3.25. The lowest BCUT2D eigenvalue weighted by atomic mass is 9.77. The summed E-state index contributed by atoms with van der Waals surface area (Å²) >= 11 is 0. The van der Waals surface area contributed by atoms with Crippen molar-refractivity contribution in [1.29, 1.82) is 0 Å². The number of nitrogens with one attached hydrogen (secondary N) is 2. The molecule has 2 N–H and O–H groups in total. The Hall–Kier alpha value is -1.02. The largest absolute Gasteiger partial charge is 0.364 e. The lowest BCUT2D eigenvalue weighted by Crippen LogP contribution is -2.41. The summed E-state index contributed by atoms with van der Waals surface area (Å²) < 4.78 is 0. The molecular weight excluding hydrogens is 172 g/mol. The molecule has 2 heteroatoms. The van der Waals surface area contributed by atoms with E-state index >= 15 is 0 Å². The van der Waals surface area contributed by atoms with Gasteiger partial charge < -0.3 is 5.32 Å². The minimum Gasteiger partial charge on any atom is -0.364 e. The maximum Gasteiger partial charge on any atom is 0.171 e. The Labute approximate surface area is 84.8 Å². The normalized spacial score (nSPS) is 34.9. The molecular formula is C12H14N2. The van der Waals surface area contributed by atoms with Gasteiger partial charge in [0.25, 0.3) is 0 Å². The molecule has 1 heterocycles. The minimum atomic E-state index is 0.638. The van der Waals surface area contributed by atoms with Crippen LogP contribution in [0, 0.1) is 18.5 Å². The van der Waals surface area contributed by atoms with Gasteiger partial charge in [-0.05, 0) is 18.4 Å². The van der Waals surface area contributed by atoms with Crippen LogP contribution in [0.25, 0.3) is 0 Å². The van der Waals surface area contributed by atoms with E-state index in [4.69, 9.17) is 0 Å². The molecule has 3 rings (SSSR count). The molecule has 72 valence electrons. The molecule has 2 unspecified atom stereocenters. The quantitative estimate of drug-likeness (QED) is 0.600. The first-order chi connectivity index (χ1) is 6.95. The monoisotopic (exact) mass is 186 g/mol. The molecule has 1 aliphatic heterocycles. The van der Waals surface area contributed by atoms with E-state index in [1.165, 1.54) is 24.1 Å². The number of allylic oxidation sites excluding steroid dienone is 5. The van der Waals surface area contributed by atoms with Crippen LogP contribution in [0.5, 0.6) is 0 Å². The third-order valence-electron chi connectivity index (χ3n) is 3.31. The predicted molar refractivity (Wildman–Crippen MR) is 55.9 cm³/mol. The Morgan fingerprint density at radius 3 is 3.29 bits per heavy atom. The molecule has 1 fully saturated rings. The number of hydrogen-bond donors (Lipinski definition) is 2. The van der Waals surface area contributed by atoms with Crippen LogP contribution in [0.1, 0.15) is 12.8 Å². The Morgan fingerprint density at radius 1 is 1.29 bits per heavy atom. The molecule has 14 heavy (non-hydrogen) atoms. The van der Waals surface area contributed by atoms with Crippen LogP contribution in [0.4, 0.5) is 0 Å². The molecule has 0 aromatic rings. The average Bonchev–Trinajstić information content (AvgIpc) is 2.29. The third-order valence-corrected chi connectivity index (χ3v) is 3.31. The first-order valence-electron chi connectivity index (χ1n) is 5.28. The molecule has 0 amide bonds. The highest BCUT2D eigenvalue weighted by atomic mass is 15.1. The van der Waals surface area contributed by atoms with Gasteiger partial charge in [0.05, 0.1) is 0 Å². The predicted octanol–water partition coefficient (Wildman–Crippen LogP) is 1.58. The van der Waals surface area contributed by atoms with Crippen LogP contribution in [0.15, 0.2) is 35.6 Å². The molecule has 0 spiro atoms. The second-order valence-electron chi connectivity index (χ2n) is 4.12. The molecule has 2 nitrogen and oxygen atoms in total. The summed E-state index contributed by atoms with van der Waals surface area (Å²) in [5.41, 5.74) is 2.86. The first kappa shape index (κ1) is 8.30. The summed E-state index contributed by atoms with van der Waals surface area (Å²) in [6.45, 7) is 4.04. The van der Waals surface area contributed by atoms with Crippen molar-refractivity contribution in [3.05, 3.63) is 42.2 Å². The molecule has 0 aromatic carbocycles. The standard InChI is InChI=1S/C12H14N2/c1-2-4-11-9(3-1)5-6-10-7-13-8-14-12(10)11/h1-4,9-10,13-14H,5-7H2. The van der Waals surface area contributed by atoms with Crippen LogP contribution < -0.4 is 10.6 Å². The van der Waals surface area contributed by atoms with Gasteiger partial charge in [-0.25, -0.2) is 0 Å². The second kappa shape index (κ2) is 3.28. The van der Waals surface area contributed by atoms with Gasteiger partial charge in [0.2, 0.25) is 0 Å². The summed E-state index contributed by atoms with van der Waals surface area (Å²) in [5.74, 6) is 1.30. The number of hydrogen-bond acceptors (Lipinski definition) is 2. The van der Waals surface area contributed by atoms with E-state index < -0.39 is 0 Å². The van der Waals surface area contributed by atoms with Gasteiger partial charge >= 0.3 is 0 Å². The van der Waals surface area contributed by atoms with Crippen molar-refractivity contribution < 1.29 is 0 Å². The fraction of sp³-hybridized carbons (Fsp3) is 0.417. The van der Waals surface area contributed by atoms with Crippen molar-refractivity contribution >= 4 is 0 Å². The van der Waals surface area contributed by atoms with Gasteiger partial charge in [-0.2, -0.15) is 0 Å². The zero-order chi connectivity index (χ0) is 9.38. The molecule has 0 aromatic heterocycles. The van der Waals surface area contributed by atoms with Gasteiger partial charge in [-0.15, -0.1) is 0 Å². The number of rotatable bonds is 0. The minimum absolute atomic E-state index is 0.638. The van der Waals surface area contributed by atoms with E-state index in [9.17, 15) is 0 Å². The summed E-state index contributed by atoms with van der Waals surface area (Å²) in [5, 5.41) is 6.40. The molecule has 1 saturated heterocycles. The third kappa shape index (κ3) is 1.22. The van der Waals surface area contributed by atoms with E-state index in [-0.39, 0.29) is 0 Å². The van der Waals surface area contributed by atoms with Crippen LogP contribution in [0.3, 0.4) is 0 Å². The smallest absolute Gasteiger partial charge is 0.171 e. The average molecular weight is 186 g/mol. The molecule has 0 bridgehead atoms. The Bertz CT molecular complexity index is 325.